The van der Waals surface area contributed by atoms with Gasteiger partial charge in [-0.3, -0.25) is 4.79 Å². The maximum atomic E-state index is 12.1. The Morgan fingerprint density at radius 2 is 1.81 bits per heavy atom. The van der Waals surface area contributed by atoms with Crippen molar-refractivity contribution in [1.82, 2.24) is 5.32 Å². The average Bonchev–Trinajstić information content (AvgIpc) is 3.10. The van der Waals surface area contributed by atoms with Gasteiger partial charge in [0, 0.05) is 24.9 Å². The Labute approximate surface area is 151 Å². The highest BCUT2D eigenvalue weighted by Gasteiger charge is 2.16. The predicted molar refractivity (Wildman–Crippen MR) is 92.5 cm³/mol. The minimum atomic E-state index is -1.21. The third-order valence-electron chi connectivity index (χ3n) is 4.26. The molecule has 0 aliphatic carbocycles. The summed E-state index contributed by atoms with van der Waals surface area (Å²) in [5.41, 5.74) is 1.88. The number of fused-ring (bicyclic) bond motifs is 1. The summed E-state index contributed by atoms with van der Waals surface area (Å²) in [6, 6.07) is 14.9. The van der Waals surface area contributed by atoms with Crippen LogP contribution in [0, 0.1) is 5.92 Å². The molecule has 1 atom stereocenters. The van der Waals surface area contributed by atoms with Crippen molar-refractivity contribution < 1.29 is 24.2 Å². The maximum absolute atomic E-state index is 12.1. The van der Waals surface area contributed by atoms with Crippen LogP contribution in [0.25, 0.3) is 0 Å². The quantitative estimate of drug-likeness (QED) is 0.766. The van der Waals surface area contributed by atoms with Gasteiger partial charge < -0.3 is 24.7 Å². The number of ether oxygens (including phenoxy) is 2. The number of nitrogens with one attached hydrogen (secondary N) is 1. The Morgan fingerprint density at radius 3 is 2.58 bits per heavy atom. The summed E-state index contributed by atoms with van der Waals surface area (Å²) in [5.74, 6) is -0.928. The van der Waals surface area contributed by atoms with E-state index >= 15 is 0 Å². The molecule has 1 aliphatic heterocycles. The number of hydrogen-bond acceptors (Lipinski definition) is 5. The number of carbonyl (C=O) groups is 2. The number of rotatable bonds is 8. The van der Waals surface area contributed by atoms with Crippen LogP contribution in [0.5, 0.6) is 11.5 Å². The van der Waals surface area contributed by atoms with Crippen LogP contribution >= 0.6 is 0 Å². The largest absolute Gasteiger partial charge is 0.550 e. The Kier molecular flexibility index (Phi) is 5.73. The highest BCUT2D eigenvalue weighted by Crippen LogP contribution is 2.32. The van der Waals surface area contributed by atoms with E-state index in [-0.39, 0.29) is 25.5 Å². The minimum Gasteiger partial charge on any atom is -0.550 e. The molecule has 0 saturated carbocycles. The van der Waals surface area contributed by atoms with Crippen molar-refractivity contribution >= 4 is 11.9 Å². The number of amides is 1. The number of carboxylic acid groups (broad SMARTS) is 1. The van der Waals surface area contributed by atoms with Gasteiger partial charge in [-0.15, -0.1) is 0 Å². The van der Waals surface area contributed by atoms with Gasteiger partial charge in [-0.1, -0.05) is 36.4 Å². The maximum Gasteiger partial charge on any atom is 0.231 e. The van der Waals surface area contributed by atoms with Gasteiger partial charge in [0.2, 0.25) is 12.7 Å². The zero-order valence-corrected chi connectivity index (χ0v) is 14.3. The van der Waals surface area contributed by atoms with E-state index in [0.29, 0.717) is 18.7 Å². The molecule has 1 heterocycles. The molecule has 1 amide bonds. The Bertz CT molecular complexity index is 775. The van der Waals surface area contributed by atoms with E-state index in [1.54, 1.807) is 0 Å². The predicted octanol–water partition coefficient (Wildman–Crippen LogP) is 1.07. The van der Waals surface area contributed by atoms with E-state index in [2.05, 4.69) is 5.32 Å². The van der Waals surface area contributed by atoms with Crippen LogP contribution in [-0.2, 0) is 22.4 Å². The van der Waals surface area contributed by atoms with Crippen LogP contribution in [0.4, 0.5) is 0 Å². The lowest BCUT2D eigenvalue weighted by Crippen LogP contribution is -2.37. The van der Waals surface area contributed by atoms with Gasteiger partial charge in [-0.25, -0.2) is 0 Å². The normalized spacial score (nSPS) is 13.2. The highest BCUT2D eigenvalue weighted by molar-refractivity contribution is 5.81. The molecule has 0 radical (unpaired) electrons. The molecule has 1 aliphatic rings. The first-order chi connectivity index (χ1) is 12.6. The van der Waals surface area contributed by atoms with Gasteiger partial charge in [-0.2, -0.15) is 0 Å². The number of hydrogen-bond donors (Lipinski definition) is 1. The van der Waals surface area contributed by atoms with E-state index in [4.69, 9.17) is 9.47 Å². The second kappa shape index (κ2) is 8.38. The van der Waals surface area contributed by atoms with Crippen LogP contribution in [0.2, 0.25) is 0 Å². The molecule has 2 aromatic rings. The van der Waals surface area contributed by atoms with Crippen LogP contribution in [0.3, 0.4) is 0 Å². The van der Waals surface area contributed by atoms with Gasteiger partial charge >= 0.3 is 0 Å². The molecular formula is C20H20NO5-. The molecule has 0 aromatic heterocycles. The molecule has 6 heteroatoms. The van der Waals surface area contributed by atoms with Crippen molar-refractivity contribution in [2.45, 2.75) is 19.3 Å². The lowest BCUT2D eigenvalue weighted by atomic mass is 9.96. The highest BCUT2D eigenvalue weighted by atomic mass is 16.7. The molecule has 3 rings (SSSR count). The number of benzene rings is 2. The van der Waals surface area contributed by atoms with E-state index in [1.807, 2.05) is 48.5 Å². The fraction of sp³-hybridized carbons (Fsp3) is 0.300. The summed E-state index contributed by atoms with van der Waals surface area (Å²) in [6.45, 7) is 0.644. The van der Waals surface area contributed by atoms with Gasteiger partial charge in [0.1, 0.15) is 0 Å². The van der Waals surface area contributed by atoms with Gasteiger partial charge in [0.15, 0.2) is 11.5 Å². The monoisotopic (exact) mass is 354 g/mol. The van der Waals surface area contributed by atoms with Crippen molar-refractivity contribution in [2.24, 2.45) is 5.92 Å². The Hall–Kier alpha value is -3.02. The molecule has 0 unspecified atom stereocenters. The molecule has 1 N–H and O–H groups in total. The standard InChI is InChI=1S/C20H21NO5/c22-19(12-16(20(23)24)10-14-4-2-1-3-5-14)21-9-8-15-6-7-17-18(11-15)26-13-25-17/h1-7,11,16H,8-10,12-13H2,(H,21,22)(H,23,24)/p-1/t16-/m1/s1. The molecular weight excluding hydrogens is 334 g/mol. The van der Waals surface area contributed by atoms with E-state index in [1.165, 1.54) is 0 Å². The first-order valence-corrected chi connectivity index (χ1v) is 8.52. The first kappa shape index (κ1) is 17.8. The van der Waals surface area contributed by atoms with E-state index in [9.17, 15) is 14.7 Å². The zero-order valence-electron chi connectivity index (χ0n) is 14.3. The van der Waals surface area contributed by atoms with Crippen LogP contribution in [0.1, 0.15) is 17.5 Å². The van der Waals surface area contributed by atoms with Gasteiger partial charge in [-0.05, 0) is 36.1 Å². The Balaban J connectivity index is 1.47. The third kappa shape index (κ3) is 4.75. The van der Waals surface area contributed by atoms with Crippen LogP contribution in [0.15, 0.2) is 48.5 Å². The molecule has 0 fully saturated rings. The molecule has 6 nitrogen and oxygen atoms in total. The summed E-state index contributed by atoms with van der Waals surface area (Å²) in [7, 11) is 0. The number of carboxylic acids is 1. The minimum absolute atomic E-state index is 0.0988. The third-order valence-corrected chi connectivity index (χ3v) is 4.26. The molecule has 136 valence electrons. The summed E-state index contributed by atoms with van der Waals surface area (Å²) < 4.78 is 10.6. The molecule has 2 aromatic carbocycles. The molecule has 26 heavy (non-hydrogen) atoms. The first-order valence-electron chi connectivity index (χ1n) is 8.52. The SMILES string of the molecule is O=C(C[C@@H](Cc1ccccc1)C(=O)[O-])NCCc1ccc2c(c1)OCO2. The van der Waals surface area contributed by atoms with Crippen LogP contribution < -0.4 is 19.9 Å². The summed E-state index contributed by atoms with van der Waals surface area (Å²) in [4.78, 5) is 23.4. The molecule has 0 bridgehead atoms. The number of carbonyl (C=O) groups excluding carboxylic acids is 2. The second-order valence-electron chi connectivity index (χ2n) is 6.20. The van der Waals surface area contributed by atoms with E-state index < -0.39 is 11.9 Å². The topological polar surface area (TPSA) is 87.7 Å². The van der Waals surface area contributed by atoms with Crippen molar-refractivity contribution in [2.75, 3.05) is 13.3 Å². The second-order valence-corrected chi connectivity index (χ2v) is 6.20. The van der Waals surface area contributed by atoms with Crippen molar-refractivity contribution in [3.8, 4) is 11.5 Å². The van der Waals surface area contributed by atoms with Crippen molar-refractivity contribution in [1.29, 1.82) is 0 Å². The zero-order chi connectivity index (χ0) is 18.4. The summed E-state index contributed by atoms with van der Waals surface area (Å²) in [6.07, 6.45) is 0.800. The van der Waals surface area contributed by atoms with Crippen LogP contribution in [-0.4, -0.2) is 25.2 Å². The van der Waals surface area contributed by atoms with Crippen molar-refractivity contribution in [3.63, 3.8) is 0 Å². The van der Waals surface area contributed by atoms with Gasteiger partial charge in [0.05, 0.1) is 0 Å². The summed E-state index contributed by atoms with van der Waals surface area (Å²) in [5, 5.41) is 14.1. The molecule has 0 saturated heterocycles. The fourth-order valence-electron chi connectivity index (χ4n) is 2.88. The lowest BCUT2D eigenvalue weighted by molar-refractivity contribution is -0.311. The van der Waals surface area contributed by atoms with Gasteiger partial charge in [0.25, 0.3) is 0 Å². The van der Waals surface area contributed by atoms with Crippen molar-refractivity contribution in [3.05, 3.63) is 59.7 Å². The van der Waals surface area contributed by atoms with E-state index in [0.717, 1.165) is 16.9 Å². The number of aliphatic carboxylic acids is 1. The Morgan fingerprint density at radius 1 is 1.04 bits per heavy atom. The molecule has 0 spiro atoms. The average molecular weight is 354 g/mol. The summed E-state index contributed by atoms with van der Waals surface area (Å²) >= 11 is 0. The fourth-order valence-corrected chi connectivity index (χ4v) is 2.88. The smallest absolute Gasteiger partial charge is 0.231 e. The lowest BCUT2D eigenvalue weighted by Gasteiger charge is -2.17.